The molecule has 0 aliphatic heterocycles. The Morgan fingerprint density at radius 1 is 1.05 bits per heavy atom. The summed E-state index contributed by atoms with van der Waals surface area (Å²) in [5.41, 5.74) is 2.37. The van der Waals surface area contributed by atoms with E-state index in [9.17, 15) is 0 Å². The molecule has 0 fully saturated rings. The minimum atomic E-state index is 0.534. The molecular formula is C16H18BrNO2. The minimum Gasteiger partial charge on any atom is -0.497 e. The predicted molar refractivity (Wildman–Crippen MR) is 84.2 cm³/mol. The van der Waals surface area contributed by atoms with Crippen molar-refractivity contribution in [1.29, 1.82) is 0 Å². The van der Waals surface area contributed by atoms with Gasteiger partial charge < -0.3 is 14.8 Å². The van der Waals surface area contributed by atoms with Crippen molar-refractivity contribution in [3.05, 3.63) is 58.1 Å². The van der Waals surface area contributed by atoms with Gasteiger partial charge in [0.1, 0.15) is 18.1 Å². The summed E-state index contributed by atoms with van der Waals surface area (Å²) in [7, 11) is 3.59. The highest BCUT2D eigenvalue weighted by molar-refractivity contribution is 9.10. The summed E-state index contributed by atoms with van der Waals surface area (Å²) in [5, 5.41) is 3.14. The average molecular weight is 336 g/mol. The molecule has 4 heteroatoms. The molecule has 0 saturated carbocycles. The van der Waals surface area contributed by atoms with Gasteiger partial charge in [-0.25, -0.2) is 0 Å². The van der Waals surface area contributed by atoms with E-state index in [2.05, 4.69) is 39.4 Å². The number of methoxy groups -OCH3 is 1. The molecule has 106 valence electrons. The third kappa shape index (κ3) is 3.99. The summed E-state index contributed by atoms with van der Waals surface area (Å²) in [5.74, 6) is 1.66. The van der Waals surface area contributed by atoms with Crippen LogP contribution in [0.5, 0.6) is 11.5 Å². The largest absolute Gasteiger partial charge is 0.497 e. The van der Waals surface area contributed by atoms with Crippen LogP contribution in [0.25, 0.3) is 0 Å². The lowest BCUT2D eigenvalue weighted by Gasteiger charge is -2.10. The van der Waals surface area contributed by atoms with E-state index >= 15 is 0 Å². The van der Waals surface area contributed by atoms with Crippen molar-refractivity contribution in [3.8, 4) is 11.5 Å². The van der Waals surface area contributed by atoms with Crippen LogP contribution in [0.4, 0.5) is 0 Å². The lowest BCUT2D eigenvalue weighted by atomic mass is 10.1. The van der Waals surface area contributed by atoms with Crippen molar-refractivity contribution < 1.29 is 9.47 Å². The number of ether oxygens (including phenoxy) is 2. The Labute approximate surface area is 128 Å². The second kappa shape index (κ2) is 7.31. The fourth-order valence-corrected chi connectivity index (χ4v) is 2.40. The first-order valence-electron chi connectivity index (χ1n) is 6.41. The maximum atomic E-state index is 5.77. The van der Waals surface area contributed by atoms with E-state index in [1.54, 1.807) is 7.11 Å². The average Bonchev–Trinajstić information content (AvgIpc) is 2.47. The van der Waals surface area contributed by atoms with E-state index in [0.29, 0.717) is 6.61 Å². The van der Waals surface area contributed by atoms with Crippen molar-refractivity contribution >= 4 is 15.9 Å². The van der Waals surface area contributed by atoms with Crippen LogP contribution in [0, 0.1) is 0 Å². The summed E-state index contributed by atoms with van der Waals surface area (Å²) in [6.45, 7) is 1.39. The Bertz CT molecular complexity index is 555. The molecule has 0 radical (unpaired) electrons. The number of benzene rings is 2. The molecule has 0 aliphatic carbocycles. The van der Waals surface area contributed by atoms with E-state index < -0.39 is 0 Å². The molecular weight excluding hydrogens is 318 g/mol. The Balaban J connectivity index is 1.99. The fourth-order valence-electron chi connectivity index (χ4n) is 1.85. The molecule has 0 atom stereocenters. The van der Waals surface area contributed by atoms with E-state index in [4.69, 9.17) is 9.47 Å². The standard InChI is InChI=1S/C16H18BrNO2/c1-18-10-12-3-4-13(16(17)9-12)11-20-15-7-5-14(19-2)6-8-15/h3-9,18H,10-11H2,1-2H3. The fraction of sp³-hybridized carbons (Fsp3) is 0.250. The van der Waals surface area contributed by atoms with Gasteiger partial charge in [-0.15, -0.1) is 0 Å². The Morgan fingerprint density at radius 3 is 2.35 bits per heavy atom. The predicted octanol–water partition coefficient (Wildman–Crippen LogP) is 3.76. The van der Waals surface area contributed by atoms with Gasteiger partial charge in [0, 0.05) is 16.6 Å². The highest BCUT2D eigenvalue weighted by Crippen LogP contribution is 2.22. The Morgan fingerprint density at radius 2 is 1.75 bits per heavy atom. The molecule has 1 N–H and O–H groups in total. The topological polar surface area (TPSA) is 30.5 Å². The second-order valence-corrected chi connectivity index (χ2v) is 5.27. The van der Waals surface area contributed by atoms with Gasteiger partial charge in [0.2, 0.25) is 0 Å². The summed E-state index contributed by atoms with van der Waals surface area (Å²) in [6.07, 6.45) is 0. The molecule has 0 bridgehead atoms. The summed E-state index contributed by atoms with van der Waals surface area (Å²) in [4.78, 5) is 0. The molecule has 0 saturated heterocycles. The third-order valence-corrected chi connectivity index (χ3v) is 3.69. The van der Waals surface area contributed by atoms with Crippen molar-refractivity contribution in [2.45, 2.75) is 13.2 Å². The zero-order valence-corrected chi connectivity index (χ0v) is 13.2. The summed E-state index contributed by atoms with van der Waals surface area (Å²) >= 11 is 3.59. The van der Waals surface area contributed by atoms with E-state index in [0.717, 1.165) is 28.1 Å². The van der Waals surface area contributed by atoms with Crippen LogP contribution in [0.15, 0.2) is 46.9 Å². The molecule has 0 amide bonds. The van der Waals surface area contributed by atoms with Crippen molar-refractivity contribution in [3.63, 3.8) is 0 Å². The van der Waals surface area contributed by atoms with Crippen LogP contribution in [-0.4, -0.2) is 14.2 Å². The van der Waals surface area contributed by atoms with Crippen LogP contribution in [0.2, 0.25) is 0 Å². The molecule has 2 rings (SSSR count). The first kappa shape index (κ1) is 14.9. The van der Waals surface area contributed by atoms with Crippen molar-refractivity contribution in [2.24, 2.45) is 0 Å². The van der Waals surface area contributed by atoms with Crippen LogP contribution in [0.1, 0.15) is 11.1 Å². The number of rotatable bonds is 6. The Kier molecular flexibility index (Phi) is 5.44. The van der Waals surface area contributed by atoms with Gasteiger partial charge in [-0.3, -0.25) is 0 Å². The maximum absolute atomic E-state index is 5.77. The molecule has 3 nitrogen and oxygen atoms in total. The highest BCUT2D eigenvalue weighted by Gasteiger charge is 2.03. The molecule has 20 heavy (non-hydrogen) atoms. The van der Waals surface area contributed by atoms with Crippen LogP contribution in [-0.2, 0) is 13.2 Å². The molecule has 2 aromatic rings. The van der Waals surface area contributed by atoms with Gasteiger partial charge in [-0.05, 0) is 42.9 Å². The van der Waals surface area contributed by atoms with Crippen molar-refractivity contribution in [1.82, 2.24) is 5.32 Å². The van der Waals surface area contributed by atoms with Gasteiger partial charge in [0.15, 0.2) is 0 Å². The zero-order chi connectivity index (χ0) is 14.4. The third-order valence-electron chi connectivity index (χ3n) is 2.95. The van der Waals surface area contributed by atoms with E-state index in [-0.39, 0.29) is 0 Å². The monoisotopic (exact) mass is 335 g/mol. The SMILES string of the molecule is CNCc1ccc(COc2ccc(OC)cc2)c(Br)c1. The molecule has 0 heterocycles. The molecule has 0 unspecified atom stereocenters. The first-order valence-corrected chi connectivity index (χ1v) is 7.21. The quantitative estimate of drug-likeness (QED) is 0.871. The smallest absolute Gasteiger partial charge is 0.120 e. The number of halogens is 1. The number of nitrogens with one attached hydrogen (secondary N) is 1. The molecule has 2 aromatic carbocycles. The van der Waals surface area contributed by atoms with Gasteiger partial charge in [0.25, 0.3) is 0 Å². The minimum absolute atomic E-state index is 0.534. The van der Waals surface area contributed by atoms with Gasteiger partial charge in [0.05, 0.1) is 7.11 Å². The lowest BCUT2D eigenvalue weighted by Crippen LogP contribution is -2.05. The van der Waals surface area contributed by atoms with E-state index in [1.807, 2.05) is 31.3 Å². The first-order chi connectivity index (χ1) is 9.72. The number of hydrogen-bond donors (Lipinski definition) is 1. The maximum Gasteiger partial charge on any atom is 0.120 e. The van der Waals surface area contributed by atoms with Crippen LogP contribution in [0.3, 0.4) is 0 Å². The summed E-state index contributed by atoms with van der Waals surface area (Å²) < 4.78 is 12.0. The molecule has 0 aromatic heterocycles. The lowest BCUT2D eigenvalue weighted by molar-refractivity contribution is 0.304. The van der Waals surface area contributed by atoms with Gasteiger partial charge in [-0.1, -0.05) is 28.1 Å². The second-order valence-electron chi connectivity index (χ2n) is 4.42. The normalized spacial score (nSPS) is 10.3. The number of hydrogen-bond acceptors (Lipinski definition) is 3. The van der Waals surface area contributed by atoms with E-state index in [1.165, 1.54) is 5.56 Å². The zero-order valence-electron chi connectivity index (χ0n) is 11.7. The van der Waals surface area contributed by atoms with Crippen LogP contribution >= 0.6 is 15.9 Å². The van der Waals surface area contributed by atoms with Gasteiger partial charge in [-0.2, -0.15) is 0 Å². The van der Waals surface area contributed by atoms with Crippen molar-refractivity contribution in [2.75, 3.05) is 14.2 Å². The molecule has 0 spiro atoms. The highest BCUT2D eigenvalue weighted by atomic mass is 79.9. The van der Waals surface area contributed by atoms with Crippen LogP contribution < -0.4 is 14.8 Å². The van der Waals surface area contributed by atoms with Gasteiger partial charge >= 0.3 is 0 Å². The Hall–Kier alpha value is -1.52. The summed E-state index contributed by atoms with van der Waals surface area (Å²) in [6, 6.07) is 13.9. The molecule has 0 aliphatic rings.